The lowest BCUT2D eigenvalue weighted by Crippen LogP contribution is -2.16. The summed E-state index contributed by atoms with van der Waals surface area (Å²) in [7, 11) is 1.59. The Balaban J connectivity index is 2.01. The molecule has 0 aliphatic carbocycles. The van der Waals surface area contributed by atoms with Crippen LogP contribution in [0.4, 0.5) is 0 Å². The quantitative estimate of drug-likeness (QED) is 0.551. The Labute approximate surface area is 156 Å². The fraction of sp³-hybridized carbons (Fsp3) is 0.0435. The smallest absolute Gasteiger partial charge is 0.209 e. The molecule has 0 amide bonds. The summed E-state index contributed by atoms with van der Waals surface area (Å²) in [5.41, 5.74) is 2.31. The van der Waals surface area contributed by atoms with Gasteiger partial charge in [0.15, 0.2) is 5.43 Å². The van der Waals surface area contributed by atoms with Gasteiger partial charge in [0, 0.05) is 16.5 Å². The number of methoxy groups -OCH3 is 1. The number of aromatic nitrogens is 1. The average Bonchev–Trinajstić information content (AvgIpc) is 2.74. The number of fused-ring (bicyclic) bond motifs is 1. The maximum atomic E-state index is 13.2. The Morgan fingerprint density at radius 1 is 0.852 bits per heavy atom. The fourth-order valence-electron chi connectivity index (χ4n) is 3.17. The highest BCUT2D eigenvalue weighted by molar-refractivity contribution is 6.12. The SMILES string of the molecule is COc1ccc(-c2c(C(=O)c3ccccc3)[nH]c3ccccc3c2=O)cc1. The van der Waals surface area contributed by atoms with Crippen LogP contribution in [0.5, 0.6) is 5.75 Å². The lowest BCUT2D eigenvalue weighted by atomic mass is 9.96. The van der Waals surface area contributed by atoms with Crippen molar-refractivity contribution in [1.82, 2.24) is 4.98 Å². The van der Waals surface area contributed by atoms with Gasteiger partial charge >= 0.3 is 0 Å². The molecule has 27 heavy (non-hydrogen) atoms. The predicted molar refractivity (Wildman–Crippen MR) is 106 cm³/mol. The lowest BCUT2D eigenvalue weighted by Gasteiger charge is -2.12. The fourth-order valence-corrected chi connectivity index (χ4v) is 3.17. The first-order valence-corrected chi connectivity index (χ1v) is 8.58. The molecular formula is C23H17NO3. The van der Waals surface area contributed by atoms with E-state index in [2.05, 4.69) is 4.98 Å². The number of carbonyl (C=O) groups excluding carboxylic acids is 1. The first-order valence-electron chi connectivity index (χ1n) is 8.58. The predicted octanol–water partition coefficient (Wildman–Crippen LogP) is 4.43. The summed E-state index contributed by atoms with van der Waals surface area (Å²) in [5, 5.41) is 0.549. The van der Waals surface area contributed by atoms with Gasteiger partial charge in [-0.2, -0.15) is 0 Å². The van der Waals surface area contributed by atoms with Crippen molar-refractivity contribution in [1.29, 1.82) is 0 Å². The van der Waals surface area contributed by atoms with Gasteiger partial charge in [-0.15, -0.1) is 0 Å². The van der Waals surface area contributed by atoms with Crippen molar-refractivity contribution in [2.24, 2.45) is 0 Å². The summed E-state index contributed by atoms with van der Waals surface area (Å²) < 4.78 is 5.20. The Kier molecular flexibility index (Phi) is 4.30. The first kappa shape index (κ1) is 16.8. The van der Waals surface area contributed by atoms with Gasteiger partial charge in [0.1, 0.15) is 5.75 Å². The number of aromatic amines is 1. The van der Waals surface area contributed by atoms with Gasteiger partial charge in [-0.3, -0.25) is 9.59 Å². The summed E-state index contributed by atoms with van der Waals surface area (Å²) in [5.74, 6) is 0.469. The molecule has 3 aromatic carbocycles. The van der Waals surface area contributed by atoms with Crippen LogP contribution in [0.25, 0.3) is 22.0 Å². The molecule has 0 aliphatic heterocycles. The van der Waals surface area contributed by atoms with Crippen molar-refractivity contribution in [3.8, 4) is 16.9 Å². The van der Waals surface area contributed by atoms with Gasteiger partial charge in [0.25, 0.3) is 0 Å². The second-order valence-electron chi connectivity index (χ2n) is 6.17. The molecule has 4 aromatic rings. The highest BCUT2D eigenvalue weighted by Gasteiger charge is 2.20. The van der Waals surface area contributed by atoms with E-state index in [1.54, 1.807) is 67.8 Å². The second-order valence-corrected chi connectivity index (χ2v) is 6.17. The van der Waals surface area contributed by atoms with Crippen LogP contribution in [0.2, 0.25) is 0 Å². The Bertz CT molecular complexity index is 1180. The molecule has 4 rings (SSSR count). The van der Waals surface area contributed by atoms with E-state index in [1.165, 1.54) is 0 Å². The van der Waals surface area contributed by atoms with E-state index in [9.17, 15) is 9.59 Å². The monoisotopic (exact) mass is 355 g/mol. The minimum Gasteiger partial charge on any atom is -0.497 e. The Morgan fingerprint density at radius 2 is 1.52 bits per heavy atom. The zero-order valence-corrected chi connectivity index (χ0v) is 14.7. The molecule has 1 N–H and O–H groups in total. The number of pyridine rings is 1. The first-order chi connectivity index (χ1) is 13.2. The normalized spacial score (nSPS) is 10.7. The standard InChI is InChI=1S/C23H17NO3/c1-27-17-13-11-15(12-14-17)20-21(22(25)16-7-3-2-4-8-16)24-19-10-6-5-9-18(19)23(20)26/h2-14H,1H3,(H,24,26). The molecule has 132 valence electrons. The lowest BCUT2D eigenvalue weighted by molar-refractivity contribution is 0.103. The highest BCUT2D eigenvalue weighted by atomic mass is 16.5. The molecule has 4 heteroatoms. The highest BCUT2D eigenvalue weighted by Crippen LogP contribution is 2.26. The number of hydrogen-bond donors (Lipinski definition) is 1. The minimum atomic E-state index is -0.218. The topological polar surface area (TPSA) is 59.2 Å². The summed E-state index contributed by atoms with van der Waals surface area (Å²) in [4.78, 5) is 29.6. The van der Waals surface area contributed by atoms with Crippen molar-refractivity contribution in [3.05, 3.63) is 100 Å². The molecule has 0 aliphatic rings. The van der Waals surface area contributed by atoms with E-state index >= 15 is 0 Å². The van der Waals surface area contributed by atoms with E-state index in [4.69, 9.17) is 4.74 Å². The number of ether oxygens (including phenoxy) is 1. The van der Waals surface area contributed by atoms with Crippen LogP contribution in [0.1, 0.15) is 16.1 Å². The third kappa shape index (κ3) is 3.02. The van der Waals surface area contributed by atoms with Crippen LogP contribution < -0.4 is 10.2 Å². The Morgan fingerprint density at radius 3 is 2.22 bits per heavy atom. The van der Waals surface area contributed by atoms with Gasteiger partial charge in [-0.25, -0.2) is 0 Å². The summed E-state index contributed by atoms with van der Waals surface area (Å²) >= 11 is 0. The van der Waals surface area contributed by atoms with Gasteiger partial charge in [0.2, 0.25) is 5.78 Å². The van der Waals surface area contributed by atoms with Crippen LogP contribution in [-0.2, 0) is 0 Å². The van der Waals surface area contributed by atoms with Gasteiger partial charge in [-0.1, -0.05) is 54.6 Å². The third-order valence-corrected chi connectivity index (χ3v) is 4.55. The molecule has 0 unspecified atom stereocenters. The van der Waals surface area contributed by atoms with Crippen LogP contribution >= 0.6 is 0 Å². The molecule has 0 atom stereocenters. The zero-order chi connectivity index (χ0) is 18.8. The number of nitrogens with one attached hydrogen (secondary N) is 1. The van der Waals surface area contributed by atoms with E-state index in [-0.39, 0.29) is 16.9 Å². The van der Waals surface area contributed by atoms with Crippen molar-refractivity contribution >= 4 is 16.7 Å². The number of hydrogen-bond acceptors (Lipinski definition) is 3. The molecule has 4 nitrogen and oxygen atoms in total. The maximum Gasteiger partial charge on any atom is 0.209 e. The number of H-pyrrole nitrogens is 1. The molecule has 0 bridgehead atoms. The van der Waals surface area contributed by atoms with E-state index in [1.807, 2.05) is 18.2 Å². The molecule has 0 spiro atoms. The molecule has 0 radical (unpaired) electrons. The van der Waals surface area contributed by atoms with E-state index < -0.39 is 0 Å². The van der Waals surface area contributed by atoms with E-state index in [0.717, 1.165) is 0 Å². The van der Waals surface area contributed by atoms with Gasteiger partial charge < -0.3 is 9.72 Å². The third-order valence-electron chi connectivity index (χ3n) is 4.55. The van der Waals surface area contributed by atoms with Crippen molar-refractivity contribution < 1.29 is 9.53 Å². The number of rotatable bonds is 4. The van der Waals surface area contributed by atoms with Crippen LogP contribution in [0.15, 0.2) is 83.7 Å². The summed E-state index contributed by atoms with van der Waals surface area (Å²) in [6, 6.07) is 23.3. The van der Waals surface area contributed by atoms with Crippen molar-refractivity contribution in [3.63, 3.8) is 0 Å². The van der Waals surface area contributed by atoms with E-state index in [0.29, 0.717) is 33.3 Å². The molecule has 0 saturated heterocycles. The molecule has 1 aromatic heterocycles. The zero-order valence-electron chi connectivity index (χ0n) is 14.7. The van der Waals surface area contributed by atoms with Crippen LogP contribution in [-0.4, -0.2) is 17.9 Å². The number of benzene rings is 3. The molecular weight excluding hydrogens is 338 g/mol. The van der Waals surface area contributed by atoms with Crippen molar-refractivity contribution in [2.45, 2.75) is 0 Å². The summed E-state index contributed by atoms with van der Waals surface area (Å²) in [6.45, 7) is 0. The largest absolute Gasteiger partial charge is 0.497 e. The maximum absolute atomic E-state index is 13.2. The number of para-hydroxylation sites is 1. The Hall–Kier alpha value is -3.66. The minimum absolute atomic E-state index is 0.172. The van der Waals surface area contributed by atoms with Crippen LogP contribution in [0, 0.1) is 0 Å². The molecule has 0 saturated carbocycles. The van der Waals surface area contributed by atoms with Gasteiger partial charge in [0.05, 0.1) is 18.4 Å². The molecule has 1 heterocycles. The average molecular weight is 355 g/mol. The second kappa shape index (κ2) is 6.92. The van der Waals surface area contributed by atoms with Crippen molar-refractivity contribution in [2.75, 3.05) is 7.11 Å². The molecule has 0 fully saturated rings. The number of carbonyl (C=O) groups is 1. The summed E-state index contributed by atoms with van der Waals surface area (Å²) in [6.07, 6.45) is 0. The van der Waals surface area contributed by atoms with Crippen LogP contribution in [0.3, 0.4) is 0 Å². The number of ketones is 1. The van der Waals surface area contributed by atoms with Gasteiger partial charge in [-0.05, 0) is 29.8 Å².